The van der Waals surface area contributed by atoms with E-state index in [2.05, 4.69) is 18.7 Å². The number of aliphatic hydroxyl groups is 1. The Morgan fingerprint density at radius 2 is 1.48 bits per heavy atom. The molecule has 2 rings (SSSR count). The van der Waals surface area contributed by atoms with E-state index in [1.165, 1.54) is 0 Å². The summed E-state index contributed by atoms with van der Waals surface area (Å²) in [6.45, 7) is 11.3. The van der Waals surface area contributed by atoms with Crippen molar-refractivity contribution in [2.24, 2.45) is 0 Å². The van der Waals surface area contributed by atoms with Crippen molar-refractivity contribution in [1.82, 2.24) is 4.90 Å². The van der Waals surface area contributed by atoms with E-state index in [9.17, 15) is 9.90 Å². The van der Waals surface area contributed by atoms with Crippen molar-refractivity contribution in [2.75, 3.05) is 31.1 Å². The monoisotopic (exact) mass is 480 g/mol. The van der Waals surface area contributed by atoms with E-state index in [0.29, 0.717) is 24.2 Å². The highest BCUT2D eigenvalue weighted by Crippen LogP contribution is 2.39. The van der Waals surface area contributed by atoms with Gasteiger partial charge >= 0.3 is 0 Å². The highest BCUT2D eigenvalue weighted by molar-refractivity contribution is 14.1. The van der Waals surface area contributed by atoms with Crippen molar-refractivity contribution in [2.45, 2.75) is 31.3 Å². The van der Waals surface area contributed by atoms with Gasteiger partial charge in [0.05, 0.1) is 0 Å². The van der Waals surface area contributed by atoms with Gasteiger partial charge in [0.15, 0.2) is 3.61 Å². The minimum atomic E-state index is -1.28. The molecule has 5 heteroatoms. The number of amides is 1. The number of nitrogens with zero attached hydrogens (tertiary/aromatic N) is 2. The van der Waals surface area contributed by atoms with E-state index in [1.807, 2.05) is 78.9 Å². The van der Waals surface area contributed by atoms with Crippen molar-refractivity contribution in [3.05, 3.63) is 65.2 Å². The molecule has 1 atom stereocenters. The van der Waals surface area contributed by atoms with Crippen LogP contribution in [0.5, 0.6) is 0 Å². The summed E-state index contributed by atoms with van der Waals surface area (Å²) in [5, 5.41) is 11.4. The summed E-state index contributed by atoms with van der Waals surface area (Å²) < 4.78 is -1.28. The Kier molecular flexibility index (Phi) is 7.68. The first kappa shape index (κ1) is 21.7. The lowest BCUT2D eigenvalue weighted by Crippen LogP contribution is -2.33. The van der Waals surface area contributed by atoms with Crippen LogP contribution in [0.25, 0.3) is 0 Å². The molecule has 0 saturated heterocycles. The first-order chi connectivity index (χ1) is 12.9. The highest BCUT2D eigenvalue weighted by atomic mass is 127. The third kappa shape index (κ3) is 4.63. The molecule has 1 amide bonds. The van der Waals surface area contributed by atoms with Gasteiger partial charge in [0, 0.05) is 43.0 Å². The third-order valence-corrected chi connectivity index (χ3v) is 6.15. The van der Waals surface area contributed by atoms with E-state index in [0.717, 1.165) is 24.3 Å². The Balaban J connectivity index is 2.44. The summed E-state index contributed by atoms with van der Waals surface area (Å²) in [6, 6.07) is 15.3. The molecule has 146 valence electrons. The molecule has 0 fully saturated rings. The molecule has 1 N–H and O–H groups in total. The minimum absolute atomic E-state index is 0.0505. The predicted molar refractivity (Wildman–Crippen MR) is 121 cm³/mol. The average molecular weight is 480 g/mol. The topological polar surface area (TPSA) is 43.8 Å². The van der Waals surface area contributed by atoms with Crippen molar-refractivity contribution in [3.63, 3.8) is 0 Å². The van der Waals surface area contributed by atoms with Crippen LogP contribution >= 0.6 is 22.6 Å². The Labute approximate surface area is 176 Å². The van der Waals surface area contributed by atoms with Crippen LogP contribution in [0.1, 0.15) is 49.2 Å². The number of rotatable bonds is 8. The predicted octanol–water partition coefficient (Wildman–Crippen LogP) is 4.64. The van der Waals surface area contributed by atoms with Gasteiger partial charge < -0.3 is 14.9 Å². The summed E-state index contributed by atoms with van der Waals surface area (Å²) in [5.41, 5.74) is 3.06. The van der Waals surface area contributed by atoms with Crippen LogP contribution in [0.2, 0.25) is 0 Å². The summed E-state index contributed by atoms with van der Waals surface area (Å²) in [5.74, 6) is -0.0505. The molecule has 0 heterocycles. The summed E-state index contributed by atoms with van der Waals surface area (Å²) in [6.07, 6.45) is 0. The molecule has 0 aliphatic carbocycles. The van der Waals surface area contributed by atoms with E-state index >= 15 is 0 Å². The fourth-order valence-electron chi connectivity index (χ4n) is 3.28. The first-order valence-electron chi connectivity index (χ1n) is 9.56. The van der Waals surface area contributed by atoms with Crippen molar-refractivity contribution < 1.29 is 9.90 Å². The molecule has 0 saturated carbocycles. The number of hydrogen-bond donors (Lipinski definition) is 1. The Bertz CT molecular complexity index is 751. The molecule has 4 nitrogen and oxygen atoms in total. The smallest absolute Gasteiger partial charge is 0.254 e. The summed E-state index contributed by atoms with van der Waals surface area (Å²) in [7, 11) is 0. The van der Waals surface area contributed by atoms with Gasteiger partial charge in [-0.25, -0.2) is 0 Å². The second-order valence-electron chi connectivity index (χ2n) is 6.36. The van der Waals surface area contributed by atoms with E-state index in [1.54, 1.807) is 11.0 Å². The molecule has 2 aromatic rings. The standard InChI is InChI=1S/C22H29IN2O2/c1-5-24(6-2)18-15-13-17(14-16-18)22(23,27)20-12-10-9-11-19(20)21(26)25(7-3)8-4/h9-16,27H,5-8H2,1-4H3. The maximum absolute atomic E-state index is 12.9. The number of carbonyl (C=O) groups is 1. The second kappa shape index (κ2) is 9.55. The van der Waals surface area contributed by atoms with Crippen molar-refractivity contribution in [3.8, 4) is 0 Å². The molecule has 0 bridgehead atoms. The van der Waals surface area contributed by atoms with Crippen LogP contribution in [0, 0.1) is 0 Å². The van der Waals surface area contributed by atoms with Crippen LogP contribution in [-0.2, 0) is 3.61 Å². The third-order valence-electron chi connectivity index (χ3n) is 4.94. The lowest BCUT2D eigenvalue weighted by molar-refractivity contribution is 0.0766. The van der Waals surface area contributed by atoms with Gasteiger partial charge in [-0.3, -0.25) is 4.79 Å². The number of anilines is 1. The van der Waals surface area contributed by atoms with Gasteiger partial charge in [-0.1, -0.05) is 30.3 Å². The molecular formula is C22H29IN2O2. The molecule has 0 aromatic heterocycles. The maximum atomic E-state index is 12.9. The molecule has 27 heavy (non-hydrogen) atoms. The number of benzene rings is 2. The largest absolute Gasteiger partial charge is 0.372 e. The first-order valence-corrected chi connectivity index (χ1v) is 10.6. The van der Waals surface area contributed by atoms with Gasteiger partial charge in [0.25, 0.3) is 5.91 Å². The zero-order valence-electron chi connectivity index (χ0n) is 16.6. The summed E-state index contributed by atoms with van der Waals surface area (Å²) in [4.78, 5) is 17.0. The fraction of sp³-hybridized carbons (Fsp3) is 0.409. The lowest BCUT2D eigenvalue weighted by Gasteiger charge is -2.28. The van der Waals surface area contributed by atoms with Crippen LogP contribution < -0.4 is 4.90 Å². The average Bonchev–Trinajstić information content (AvgIpc) is 2.70. The quantitative estimate of drug-likeness (QED) is 0.442. The molecule has 0 aliphatic rings. The van der Waals surface area contributed by atoms with Gasteiger partial charge in [-0.15, -0.1) is 0 Å². The molecule has 0 spiro atoms. The zero-order valence-corrected chi connectivity index (χ0v) is 18.7. The van der Waals surface area contributed by atoms with Crippen molar-refractivity contribution in [1.29, 1.82) is 0 Å². The molecule has 1 unspecified atom stereocenters. The summed E-state index contributed by atoms with van der Waals surface area (Å²) >= 11 is 2.03. The van der Waals surface area contributed by atoms with Gasteiger partial charge in [-0.2, -0.15) is 0 Å². The van der Waals surface area contributed by atoms with Gasteiger partial charge in [0.1, 0.15) is 0 Å². The van der Waals surface area contributed by atoms with Crippen molar-refractivity contribution >= 4 is 34.2 Å². The second-order valence-corrected chi connectivity index (χ2v) is 7.93. The Hall–Kier alpha value is -1.60. The maximum Gasteiger partial charge on any atom is 0.254 e. The van der Waals surface area contributed by atoms with Crippen LogP contribution in [0.3, 0.4) is 0 Å². The van der Waals surface area contributed by atoms with Gasteiger partial charge in [0.2, 0.25) is 0 Å². The Morgan fingerprint density at radius 1 is 0.926 bits per heavy atom. The van der Waals surface area contributed by atoms with E-state index < -0.39 is 3.61 Å². The number of hydrogen-bond acceptors (Lipinski definition) is 3. The minimum Gasteiger partial charge on any atom is -0.372 e. The number of carbonyl (C=O) groups excluding carboxylic acids is 1. The van der Waals surface area contributed by atoms with Crippen LogP contribution in [-0.4, -0.2) is 42.1 Å². The van der Waals surface area contributed by atoms with Crippen LogP contribution in [0.4, 0.5) is 5.69 Å². The zero-order chi connectivity index (χ0) is 20.0. The normalized spacial score (nSPS) is 13.1. The highest BCUT2D eigenvalue weighted by Gasteiger charge is 2.33. The fourth-order valence-corrected chi connectivity index (χ4v) is 4.11. The lowest BCUT2D eigenvalue weighted by atomic mass is 9.95. The molecule has 2 aromatic carbocycles. The molecule has 0 radical (unpaired) electrons. The SMILES string of the molecule is CCN(CC)C(=O)c1ccccc1C(O)(I)c1ccc(N(CC)CC)cc1. The Morgan fingerprint density at radius 3 is 2.00 bits per heavy atom. The molecule has 0 aliphatic heterocycles. The number of alkyl halides is 1. The molecular weight excluding hydrogens is 451 g/mol. The van der Waals surface area contributed by atoms with Crippen LogP contribution in [0.15, 0.2) is 48.5 Å². The number of halogens is 1. The van der Waals surface area contributed by atoms with E-state index in [4.69, 9.17) is 0 Å². The van der Waals surface area contributed by atoms with E-state index in [-0.39, 0.29) is 5.91 Å². The van der Waals surface area contributed by atoms with Gasteiger partial charge in [-0.05, 0) is 74.0 Å².